The van der Waals surface area contributed by atoms with Crippen LogP contribution in [-0.4, -0.2) is 68.8 Å². The van der Waals surface area contributed by atoms with Crippen LogP contribution in [0, 0.1) is 0 Å². The third-order valence-electron chi connectivity index (χ3n) is 7.11. The summed E-state index contributed by atoms with van der Waals surface area (Å²) < 4.78 is 23.8. The quantitative estimate of drug-likeness (QED) is 0.483. The summed E-state index contributed by atoms with van der Waals surface area (Å²) in [7, 11) is 1.73. The number of nitrogens with zero attached hydrogens (tertiary/aromatic N) is 3. The van der Waals surface area contributed by atoms with E-state index in [0.717, 1.165) is 73.8 Å². The number of fused-ring (bicyclic) bond motifs is 2. The van der Waals surface area contributed by atoms with Crippen molar-refractivity contribution >= 4 is 5.84 Å². The van der Waals surface area contributed by atoms with Crippen LogP contribution in [0.4, 0.5) is 0 Å². The highest BCUT2D eigenvalue weighted by Crippen LogP contribution is 2.33. The van der Waals surface area contributed by atoms with Crippen molar-refractivity contribution in [3.05, 3.63) is 78.0 Å². The van der Waals surface area contributed by atoms with Crippen LogP contribution < -0.4 is 19.5 Å². The maximum absolute atomic E-state index is 6.36. The van der Waals surface area contributed by atoms with Crippen LogP contribution in [0.25, 0.3) is 0 Å². The summed E-state index contributed by atoms with van der Waals surface area (Å²) in [6.45, 7) is 5.18. The summed E-state index contributed by atoms with van der Waals surface area (Å²) >= 11 is 0. The minimum Gasteiger partial charge on any atom is -0.496 e. The molecule has 1 saturated heterocycles. The van der Waals surface area contributed by atoms with Crippen molar-refractivity contribution in [3.8, 4) is 23.1 Å². The third kappa shape index (κ3) is 7.07. The van der Waals surface area contributed by atoms with Crippen molar-refractivity contribution in [3.63, 3.8) is 0 Å². The molecule has 0 bridgehead atoms. The summed E-state index contributed by atoms with van der Waals surface area (Å²) in [6, 6.07) is 20.0. The van der Waals surface area contributed by atoms with Gasteiger partial charge in [-0.05, 0) is 49.6 Å². The van der Waals surface area contributed by atoms with Crippen molar-refractivity contribution < 1.29 is 18.9 Å². The molecule has 0 radical (unpaired) electrons. The van der Waals surface area contributed by atoms with Crippen LogP contribution in [0.2, 0.25) is 0 Å². The van der Waals surface area contributed by atoms with Gasteiger partial charge >= 0.3 is 0 Å². The Morgan fingerprint density at radius 3 is 2.56 bits per heavy atom. The number of hydrogen-bond acceptors (Lipinski definition) is 8. The van der Waals surface area contributed by atoms with Crippen molar-refractivity contribution in [1.29, 1.82) is 0 Å². The molecule has 8 heteroatoms. The molecule has 1 atom stereocenters. The zero-order valence-corrected chi connectivity index (χ0v) is 22.7. The van der Waals surface area contributed by atoms with Gasteiger partial charge in [0, 0.05) is 37.9 Å². The topological polar surface area (TPSA) is 77.4 Å². The van der Waals surface area contributed by atoms with Crippen LogP contribution in [0.5, 0.6) is 23.1 Å². The highest BCUT2D eigenvalue weighted by molar-refractivity contribution is 6.00. The number of methoxy groups -OCH3 is 1. The first-order chi connectivity index (χ1) is 19.3. The van der Waals surface area contributed by atoms with Gasteiger partial charge in [0.15, 0.2) is 11.5 Å². The second-order valence-electron chi connectivity index (χ2n) is 9.68. The molecule has 206 valence electrons. The molecule has 3 aromatic rings. The number of pyridine rings is 1. The molecule has 5 rings (SSSR count). The lowest BCUT2D eigenvalue weighted by Crippen LogP contribution is -2.44. The Labute approximate surface area is 231 Å². The van der Waals surface area contributed by atoms with Gasteiger partial charge in [0.25, 0.3) is 0 Å². The minimum atomic E-state index is 0.0796. The first-order valence-corrected chi connectivity index (χ1v) is 13.9. The van der Waals surface area contributed by atoms with Gasteiger partial charge in [-0.2, -0.15) is 0 Å². The SMILES string of the molecule is COc1ccccc1C(CNC1=NCCCCCCOc2ccccc2Oc2ncccc21)N1CCOCC1. The molecule has 0 aliphatic carbocycles. The normalized spacial score (nSPS) is 17.7. The zero-order valence-electron chi connectivity index (χ0n) is 22.7. The van der Waals surface area contributed by atoms with E-state index in [2.05, 4.69) is 27.3 Å². The number of para-hydroxylation sites is 3. The molecule has 8 nitrogen and oxygen atoms in total. The molecule has 1 N–H and O–H groups in total. The van der Waals surface area contributed by atoms with Gasteiger partial charge in [-0.15, -0.1) is 0 Å². The monoisotopic (exact) mass is 530 g/mol. The van der Waals surface area contributed by atoms with Gasteiger partial charge in [0.1, 0.15) is 11.6 Å². The van der Waals surface area contributed by atoms with Crippen molar-refractivity contribution in [2.75, 3.05) is 53.1 Å². The Hall–Kier alpha value is -3.62. The summed E-state index contributed by atoms with van der Waals surface area (Å²) in [5, 5.41) is 3.69. The lowest BCUT2D eigenvalue weighted by molar-refractivity contribution is 0.0166. The second-order valence-corrected chi connectivity index (χ2v) is 9.68. The number of amidine groups is 1. The average Bonchev–Trinajstić information content (AvgIpc) is 2.99. The van der Waals surface area contributed by atoms with E-state index in [9.17, 15) is 0 Å². The number of nitrogens with one attached hydrogen (secondary N) is 1. The van der Waals surface area contributed by atoms with Crippen LogP contribution >= 0.6 is 0 Å². The largest absolute Gasteiger partial charge is 0.496 e. The van der Waals surface area contributed by atoms with E-state index in [1.165, 1.54) is 0 Å². The summed E-state index contributed by atoms with van der Waals surface area (Å²) in [6.07, 6.45) is 5.96. The molecule has 2 aliphatic heterocycles. The summed E-state index contributed by atoms with van der Waals surface area (Å²) in [4.78, 5) is 12.1. The van der Waals surface area contributed by atoms with Crippen molar-refractivity contribution in [2.24, 2.45) is 4.99 Å². The predicted octanol–water partition coefficient (Wildman–Crippen LogP) is 5.25. The summed E-state index contributed by atoms with van der Waals surface area (Å²) in [5.41, 5.74) is 1.97. The fraction of sp³-hybridized carbons (Fsp3) is 0.419. The van der Waals surface area contributed by atoms with E-state index in [-0.39, 0.29) is 6.04 Å². The van der Waals surface area contributed by atoms with E-state index >= 15 is 0 Å². The Morgan fingerprint density at radius 1 is 0.897 bits per heavy atom. The van der Waals surface area contributed by atoms with Crippen LogP contribution in [0.3, 0.4) is 0 Å². The van der Waals surface area contributed by atoms with Gasteiger partial charge in [0.2, 0.25) is 5.88 Å². The molecule has 0 amide bonds. The highest BCUT2D eigenvalue weighted by atomic mass is 16.5. The number of hydrogen-bond donors (Lipinski definition) is 1. The molecular formula is C31H38N4O4. The molecule has 3 heterocycles. The van der Waals surface area contributed by atoms with E-state index in [1.807, 2.05) is 48.5 Å². The highest BCUT2D eigenvalue weighted by Gasteiger charge is 2.26. The van der Waals surface area contributed by atoms with Crippen LogP contribution in [0.1, 0.15) is 42.9 Å². The Balaban J connectivity index is 1.46. The van der Waals surface area contributed by atoms with Gasteiger partial charge < -0.3 is 24.3 Å². The average molecular weight is 531 g/mol. The molecular weight excluding hydrogens is 492 g/mol. The molecule has 0 spiro atoms. The van der Waals surface area contributed by atoms with Gasteiger partial charge in [-0.3, -0.25) is 9.89 Å². The second kappa shape index (κ2) is 14.0. The van der Waals surface area contributed by atoms with Crippen molar-refractivity contribution in [1.82, 2.24) is 15.2 Å². The van der Waals surface area contributed by atoms with Gasteiger partial charge in [0.05, 0.1) is 38.5 Å². The van der Waals surface area contributed by atoms with Crippen LogP contribution in [-0.2, 0) is 4.74 Å². The van der Waals surface area contributed by atoms with Gasteiger partial charge in [-0.1, -0.05) is 36.8 Å². The lowest BCUT2D eigenvalue weighted by atomic mass is 10.0. The fourth-order valence-electron chi connectivity index (χ4n) is 5.05. The standard InChI is InChI=1S/C31H38N4O4/c1-36-27-13-5-4-11-24(27)26(35-18-21-37-22-19-35)23-34-30-25-12-10-17-33-31(25)39-29-15-7-6-14-28(29)38-20-9-3-2-8-16-32-30/h4-7,10-15,17,26H,2-3,8-9,16,18-23H2,1H3,(H,32,34). The maximum atomic E-state index is 6.36. The third-order valence-corrected chi connectivity index (χ3v) is 7.11. The summed E-state index contributed by atoms with van der Waals surface area (Å²) in [5.74, 6) is 3.53. The van der Waals surface area contributed by atoms with Crippen LogP contribution in [0.15, 0.2) is 71.9 Å². The zero-order chi connectivity index (χ0) is 26.7. The van der Waals surface area contributed by atoms with E-state index in [4.69, 9.17) is 23.9 Å². The first-order valence-electron chi connectivity index (χ1n) is 13.9. The number of benzene rings is 2. The fourth-order valence-corrected chi connectivity index (χ4v) is 5.05. The van der Waals surface area contributed by atoms with E-state index in [1.54, 1.807) is 13.3 Å². The van der Waals surface area contributed by atoms with E-state index in [0.29, 0.717) is 38.0 Å². The number of morpholine rings is 1. The minimum absolute atomic E-state index is 0.0796. The molecule has 2 aromatic carbocycles. The molecule has 0 saturated carbocycles. The van der Waals surface area contributed by atoms with E-state index < -0.39 is 0 Å². The smallest absolute Gasteiger partial charge is 0.230 e. The molecule has 39 heavy (non-hydrogen) atoms. The van der Waals surface area contributed by atoms with Crippen molar-refractivity contribution in [2.45, 2.75) is 31.7 Å². The van der Waals surface area contributed by atoms with Gasteiger partial charge in [-0.25, -0.2) is 4.98 Å². The maximum Gasteiger partial charge on any atom is 0.230 e. The number of rotatable bonds is 5. The Morgan fingerprint density at radius 2 is 1.69 bits per heavy atom. The number of ether oxygens (including phenoxy) is 4. The molecule has 1 unspecified atom stereocenters. The molecule has 1 fully saturated rings. The number of aliphatic imine (C=N–C) groups is 1. The number of aromatic nitrogens is 1. The first kappa shape index (κ1) is 27.0. The molecule has 2 aliphatic rings. The molecule has 1 aromatic heterocycles. The Bertz CT molecular complexity index is 1230. The Kier molecular flexibility index (Phi) is 9.65. The lowest BCUT2D eigenvalue weighted by Gasteiger charge is -2.35. The predicted molar refractivity (Wildman–Crippen MR) is 152 cm³/mol.